The number of pyridine rings is 1. The Morgan fingerprint density at radius 3 is 2.85 bits per heavy atom. The normalized spacial score (nSPS) is 22.4. The maximum Gasteiger partial charge on any atom is 0.241 e. The summed E-state index contributed by atoms with van der Waals surface area (Å²) in [5, 5.41) is 4.20. The summed E-state index contributed by atoms with van der Waals surface area (Å²) in [6.07, 6.45) is 11.8. The molecule has 0 bridgehead atoms. The van der Waals surface area contributed by atoms with E-state index < -0.39 is 0 Å². The van der Waals surface area contributed by atoms with E-state index in [1.807, 2.05) is 12.1 Å². The standard InChI is InChI=1S/C20H28N4O2/c1-15-8-5-6-13-24(15)14-18-22-19(23-26-18)17-11-7-12-21-20(17)25-16-9-3-2-4-10-16/h7,11-12,15-16H,2-6,8-10,13-14H2,1H3/t15-/m1/s1. The number of likely N-dealkylation sites (tertiary alicyclic amines) is 1. The zero-order valence-electron chi connectivity index (χ0n) is 15.6. The summed E-state index contributed by atoms with van der Waals surface area (Å²) in [6, 6.07) is 4.43. The van der Waals surface area contributed by atoms with E-state index in [2.05, 4.69) is 26.9 Å². The molecule has 2 aromatic heterocycles. The van der Waals surface area contributed by atoms with Crippen molar-refractivity contribution < 1.29 is 9.26 Å². The van der Waals surface area contributed by atoms with Crippen molar-refractivity contribution in [2.24, 2.45) is 0 Å². The Labute approximate surface area is 154 Å². The Morgan fingerprint density at radius 2 is 2.00 bits per heavy atom. The smallest absolute Gasteiger partial charge is 0.241 e. The van der Waals surface area contributed by atoms with Gasteiger partial charge in [0.2, 0.25) is 17.6 Å². The quantitative estimate of drug-likeness (QED) is 0.799. The van der Waals surface area contributed by atoms with Crippen molar-refractivity contribution in [1.82, 2.24) is 20.0 Å². The number of ether oxygens (including phenoxy) is 1. The average Bonchev–Trinajstić information content (AvgIpc) is 3.13. The molecule has 0 aromatic carbocycles. The van der Waals surface area contributed by atoms with Crippen molar-refractivity contribution in [2.75, 3.05) is 6.54 Å². The van der Waals surface area contributed by atoms with Crippen molar-refractivity contribution >= 4 is 0 Å². The van der Waals surface area contributed by atoms with Crippen LogP contribution in [-0.4, -0.2) is 38.7 Å². The van der Waals surface area contributed by atoms with Crippen LogP contribution in [0.1, 0.15) is 64.2 Å². The highest BCUT2D eigenvalue weighted by Crippen LogP contribution is 2.29. The maximum absolute atomic E-state index is 6.17. The zero-order chi connectivity index (χ0) is 17.8. The van der Waals surface area contributed by atoms with E-state index >= 15 is 0 Å². The fourth-order valence-corrected chi connectivity index (χ4v) is 3.99. The van der Waals surface area contributed by atoms with Gasteiger partial charge in [-0.2, -0.15) is 4.98 Å². The van der Waals surface area contributed by atoms with Crippen molar-refractivity contribution in [3.05, 3.63) is 24.2 Å². The second-order valence-corrected chi connectivity index (χ2v) is 7.56. The molecule has 140 valence electrons. The SMILES string of the molecule is C[C@@H]1CCCCN1Cc1nc(-c2cccnc2OC2CCCCC2)no1. The van der Waals surface area contributed by atoms with E-state index in [1.165, 1.54) is 38.5 Å². The fourth-order valence-electron chi connectivity index (χ4n) is 3.99. The summed E-state index contributed by atoms with van der Waals surface area (Å²) in [5.41, 5.74) is 0.819. The molecule has 1 saturated carbocycles. The lowest BCUT2D eigenvalue weighted by Gasteiger charge is -2.31. The molecule has 4 rings (SSSR count). The monoisotopic (exact) mass is 356 g/mol. The molecule has 3 heterocycles. The summed E-state index contributed by atoms with van der Waals surface area (Å²) < 4.78 is 11.7. The van der Waals surface area contributed by atoms with Crippen LogP contribution in [0.3, 0.4) is 0 Å². The minimum absolute atomic E-state index is 0.248. The van der Waals surface area contributed by atoms with Crippen LogP contribution >= 0.6 is 0 Å². The van der Waals surface area contributed by atoms with Gasteiger partial charge in [-0.15, -0.1) is 0 Å². The van der Waals surface area contributed by atoms with Crippen molar-refractivity contribution in [3.63, 3.8) is 0 Å². The maximum atomic E-state index is 6.17. The van der Waals surface area contributed by atoms with E-state index in [-0.39, 0.29) is 6.10 Å². The molecule has 1 aliphatic heterocycles. The summed E-state index contributed by atoms with van der Waals surface area (Å²) in [4.78, 5) is 11.5. The molecule has 2 fully saturated rings. The van der Waals surface area contributed by atoms with Crippen LogP contribution in [0.4, 0.5) is 0 Å². The minimum atomic E-state index is 0.248. The van der Waals surface area contributed by atoms with E-state index in [1.54, 1.807) is 6.20 Å². The summed E-state index contributed by atoms with van der Waals surface area (Å²) in [5.74, 6) is 1.86. The lowest BCUT2D eigenvalue weighted by atomic mass is 9.98. The van der Waals surface area contributed by atoms with Gasteiger partial charge < -0.3 is 9.26 Å². The van der Waals surface area contributed by atoms with Crippen LogP contribution in [0.15, 0.2) is 22.9 Å². The molecule has 0 amide bonds. The minimum Gasteiger partial charge on any atom is -0.474 e. The lowest BCUT2D eigenvalue weighted by Crippen LogP contribution is -2.36. The topological polar surface area (TPSA) is 64.3 Å². The van der Waals surface area contributed by atoms with Gasteiger partial charge in [-0.25, -0.2) is 4.98 Å². The van der Waals surface area contributed by atoms with Crippen molar-refractivity contribution in [2.45, 2.75) is 77.0 Å². The van der Waals surface area contributed by atoms with Gasteiger partial charge in [0.25, 0.3) is 0 Å². The van der Waals surface area contributed by atoms with E-state index in [0.717, 1.165) is 24.9 Å². The molecule has 26 heavy (non-hydrogen) atoms. The Hall–Kier alpha value is -1.95. The van der Waals surface area contributed by atoms with Gasteiger partial charge in [0, 0.05) is 12.2 Å². The summed E-state index contributed by atoms with van der Waals surface area (Å²) in [6.45, 7) is 4.09. The third-order valence-electron chi connectivity index (χ3n) is 5.59. The molecular formula is C20H28N4O2. The molecule has 0 radical (unpaired) electrons. The first-order valence-corrected chi connectivity index (χ1v) is 9.98. The molecule has 2 aromatic rings. The summed E-state index contributed by atoms with van der Waals surface area (Å²) in [7, 11) is 0. The van der Waals surface area contributed by atoms with Gasteiger partial charge in [0.15, 0.2) is 0 Å². The van der Waals surface area contributed by atoms with Crippen LogP contribution in [0.5, 0.6) is 5.88 Å². The van der Waals surface area contributed by atoms with Gasteiger partial charge in [-0.05, 0) is 64.1 Å². The van der Waals surface area contributed by atoms with Crippen molar-refractivity contribution in [1.29, 1.82) is 0 Å². The van der Waals surface area contributed by atoms with E-state index in [0.29, 0.717) is 30.2 Å². The van der Waals surface area contributed by atoms with E-state index in [9.17, 15) is 0 Å². The average molecular weight is 356 g/mol. The summed E-state index contributed by atoms with van der Waals surface area (Å²) >= 11 is 0. The molecule has 1 atom stereocenters. The zero-order valence-corrected chi connectivity index (χ0v) is 15.6. The molecule has 1 saturated heterocycles. The first-order valence-electron chi connectivity index (χ1n) is 9.98. The van der Waals surface area contributed by atoms with Gasteiger partial charge in [0.1, 0.15) is 6.10 Å². The van der Waals surface area contributed by atoms with Crippen LogP contribution in [-0.2, 0) is 6.54 Å². The highest BCUT2D eigenvalue weighted by Gasteiger charge is 2.23. The Balaban J connectivity index is 1.48. The van der Waals surface area contributed by atoms with Crippen LogP contribution in [0.25, 0.3) is 11.4 Å². The van der Waals surface area contributed by atoms with E-state index in [4.69, 9.17) is 9.26 Å². The van der Waals surface area contributed by atoms with Crippen molar-refractivity contribution in [3.8, 4) is 17.3 Å². The van der Waals surface area contributed by atoms with Crippen LogP contribution in [0, 0.1) is 0 Å². The molecule has 0 N–H and O–H groups in total. The number of hydrogen-bond donors (Lipinski definition) is 0. The third-order valence-corrected chi connectivity index (χ3v) is 5.59. The Bertz CT molecular complexity index is 711. The van der Waals surface area contributed by atoms with Gasteiger partial charge in [0.05, 0.1) is 12.1 Å². The number of aromatic nitrogens is 3. The molecule has 0 spiro atoms. The first-order chi connectivity index (χ1) is 12.8. The van der Waals surface area contributed by atoms with Gasteiger partial charge >= 0.3 is 0 Å². The third kappa shape index (κ3) is 4.06. The second kappa shape index (κ2) is 8.16. The number of hydrogen-bond acceptors (Lipinski definition) is 6. The lowest BCUT2D eigenvalue weighted by molar-refractivity contribution is 0.135. The predicted molar refractivity (Wildman–Crippen MR) is 98.8 cm³/mol. The second-order valence-electron chi connectivity index (χ2n) is 7.56. The highest BCUT2D eigenvalue weighted by atomic mass is 16.5. The molecule has 0 unspecified atom stereocenters. The first kappa shape index (κ1) is 17.5. The number of nitrogens with zero attached hydrogens (tertiary/aromatic N) is 4. The fraction of sp³-hybridized carbons (Fsp3) is 0.650. The molecule has 2 aliphatic rings. The van der Waals surface area contributed by atoms with Crippen LogP contribution < -0.4 is 4.74 Å². The highest BCUT2D eigenvalue weighted by molar-refractivity contribution is 5.60. The molecular weight excluding hydrogens is 328 g/mol. The van der Waals surface area contributed by atoms with Gasteiger partial charge in [-0.1, -0.05) is 18.0 Å². The molecule has 6 nitrogen and oxygen atoms in total. The number of piperidine rings is 1. The Morgan fingerprint density at radius 1 is 1.15 bits per heavy atom. The largest absolute Gasteiger partial charge is 0.474 e. The number of rotatable bonds is 5. The van der Waals surface area contributed by atoms with Crippen LogP contribution in [0.2, 0.25) is 0 Å². The molecule has 1 aliphatic carbocycles. The molecule has 6 heteroatoms. The Kier molecular flexibility index (Phi) is 5.48. The predicted octanol–water partition coefficient (Wildman–Crippen LogP) is 4.22. The van der Waals surface area contributed by atoms with Gasteiger partial charge in [-0.3, -0.25) is 4.90 Å².